The number of hydrogen-bond acceptors (Lipinski definition) is 9. The Bertz CT molecular complexity index is 1710. The summed E-state index contributed by atoms with van der Waals surface area (Å²) in [5.74, 6) is -0.501. The first-order valence-electron chi connectivity index (χ1n) is 12.8. The SMILES string of the molecule is CCOc1ccc2nc(N3C(=O)C(=O)/C(=C(\O)c4ccc5c(c4)CC(C)O5)C3c3ccc(O)c(OC)c3)sc2c1. The molecule has 2 N–H and O–H groups in total. The number of carbonyl (C=O) groups is 2. The molecule has 1 aromatic heterocycles. The van der Waals surface area contributed by atoms with E-state index in [0.29, 0.717) is 35.4 Å². The molecule has 0 bridgehead atoms. The fourth-order valence-electron chi connectivity index (χ4n) is 5.19. The lowest BCUT2D eigenvalue weighted by atomic mass is 9.94. The highest BCUT2D eigenvalue weighted by Crippen LogP contribution is 2.46. The van der Waals surface area contributed by atoms with Crippen molar-refractivity contribution in [2.75, 3.05) is 18.6 Å². The number of aliphatic hydroxyl groups is 1. The molecule has 4 aromatic rings. The van der Waals surface area contributed by atoms with E-state index in [2.05, 4.69) is 4.98 Å². The Kier molecular flexibility index (Phi) is 6.34. The third-order valence-corrected chi connectivity index (χ3v) is 8.02. The molecule has 2 aliphatic heterocycles. The van der Waals surface area contributed by atoms with E-state index in [1.807, 2.05) is 19.9 Å². The number of aliphatic hydroxyl groups excluding tert-OH is 1. The van der Waals surface area contributed by atoms with Gasteiger partial charge in [0.15, 0.2) is 16.6 Å². The number of phenolic OH excluding ortho intramolecular Hbond substituents is 1. The van der Waals surface area contributed by atoms with Gasteiger partial charge in [0.1, 0.15) is 23.4 Å². The van der Waals surface area contributed by atoms with Crippen molar-refractivity contribution in [3.8, 4) is 23.0 Å². The van der Waals surface area contributed by atoms with Crippen molar-refractivity contribution in [1.82, 2.24) is 4.98 Å². The van der Waals surface area contributed by atoms with E-state index in [1.165, 1.54) is 29.4 Å². The number of hydrogen-bond donors (Lipinski definition) is 2. The number of benzene rings is 3. The molecular weight excluding hydrogens is 532 g/mol. The van der Waals surface area contributed by atoms with Crippen molar-refractivity contribution in [1.29, 1.82) is 0 Å². The highest BCUT2D eigenvalue weighted by Gasteiger charge is 2.48. The third-order valence-electron chi connectivity index (χ3n) is 7.00. The van der Waals surface area contributed by atoms with E-state index in [-0.39, 0.29) is 34.1 Å². The number of fused-ring (bicyclic) bond motifs is 2. The first kappa shape index (κ1) is 25.7. The number of ether oxygens (including phenoxy) is 3. The smallest absolute Gasteiger partial charge is 0.301 e. The van der Waals surface area contributed by atoms with E-state index < -0.39 is 17.7 Å². The number of aromatic nitrogens is 1. The standard InChI is InChI=1S/C30H26N2O7S/c1-4-38-19-7-8-20-24(14-19)40-30(31-20)32-26(16-5-9-21(33)23(13-16)37-3)25(28(35)29(32)36)27(34)17-6-10-22-18(12-17)11-15(2)39-22/h5-10,12-15,26,33-34H,4,11H2,1-3H3/b27-25-. The third kappa shape index (κ3) is 4.21. The van der Waals surface area contributed by atoms with E-state index >= 15 is 0 Å². The van der Waals surface area contributed by atoms with Crippen LogP contribution in [-0.4, -0.2) is 46.7 Å². The fraction of sp³-hybridized carbons (Fsp3) is 0.233. The number of aromatic hydroxyl groups is 1. The summed E-state index contributed by atoms with van der Waals surface area (Å²) in [6, 6.07) is 14.2. The maximum atomic E-state index is 13.6. The van der Waals surface area contributed by atoms with Crippen molar-refractivity contribution in [2.24, 2.45) is 0 Å². The largest absolute Gasteiger partial charge is 0.507 e. The van der Waals surface area contributed by atoms with E-state index in [0.717, 1.165) is 16.0 Å². The molecule has 9 nitrogen and oxygen atoms in total. The molecule has 6 rings (SSSR count). The van der Waals surface area contributed by atoms with Gasteiger partial charge < -0.3 is 24.4 Å². The Balaban J connectivity index is 1.53. The maximum Gasteiger partial charge on any atom is 0.301 e. The van der Waals surface area contributed by atoms with E-state index in [9.17, 15) is 19.8 Å². The molecule has 0 spiro atoms. The Morgan fingerprint density at radius 2 is 1.98 bits per heavy atom. The van der Waals surface area contributed by atoms with Gasteiger partial charge >= 0.3 is 5.91 Å². The lowest BCUT2D eigenvalue weighted by Crippen LogP contribution is -2.29. The average molecular weight is 559 g/mol. The highest BCUT2D eigenvalue weighted by molar-refractivity contribution is 7.22. The normalized spacial score (nSPS) is 19.6. The van der Waals surface area contributed by atoms with E-state index in [1.54, 1.807) is 42.5 Å². The Morgan fingerprint density at radius 1 is 1.15 bits per heavy atom. The second-order valence-corrected chi connectivity index (χ2v) is 10.6. The van der Waals surface area contributed by atoms with Crippen LogP contribution in [0.5, 0.6) is 23.0 Å². The summed E-state index contributed by atoms with van der Waals surface area (Å²) in [6.07, 6.45) is 0.670. The van der Waals surface area contributed by atoms with Crippen LogP contribution in [0.1, 0.15) is 36.6 Å². The second kappa shape index (κ2) is 9.87. The first-order valence-corrected chi connectivity index (χ1v) is 13.6. The molecule has 0 radical (unpaired) electrons. The summed E-state index contributed by atoms with van der Waals surface area (Å²) < 4.78 is 17.5. The van der Waals surface area contributed by atoms with Crippen LogP contribution in [0, 0.1) is 0 Å². The molecule has 3 aromatic carbocycles. The average Bonchev–Trinajstić information content (AvgIpc) is 3.60. The Labute approximate surface area is 233 Å². The van der Waals surface area contributed by atoms with Crippen LogP contribution in [0.2, 0.25) is 0 Å². The maximum absolute atomic E-state index is 13.6. The minimum atomic E-state index is -1.02. The lowest BCUT2D eigenvalue weighted by molar-refractivity contribution is -0.132. The molecule has 10 heteroatoms. The second-order valence-electron chi connectivity index (χ2n) is 9.61. The van der Waals surface area contributed by atoms with Gasteiger partial charge in [-0.25, -0.2) is 4.98 Å². The molecule has 0 aliphatic carbocycles. The van der Waals surface area contributed by atoms with Crippen LogP contribution < -0.4 is 19.1 Å². The Hall–Kier alpha value is -4.57. The molecule has 1 amide bonds. The fourth-order valence-corrected chi connectivity index (χ4v) is 6.21. The first-order chi connectivity index (χ1) is 19.3. The zero-order valence-electron chi connectivity index (χ0n) is 22.0. The number of carbonyl (C=O) groups excluding carboxylic acids is 2. The van der Waals surface area contributed by atoms with E-state index in [4.69, 9.17) is 14.2 Å². The summed E-state index contributed by atoms with van der Waals surface area (Å²) in [5, 5.41) is 22.1. The number of Topliss-reactive ketones (excluding diaryl/α,β-unsaturated/α-hetero) is 1. The monoisotopic (exact) mass is 558 g/mol. The van der Waals surface area contributed by atoms with Crippen molar-refractivity contribution in [3.63, 3.8) is 0 Å². The topological polar surface area (TPSA) is 118 Å². The Morgan fingerprint density at radius 3 is 2.75 bits per heavy atom. The zero-order valence-corrected chi connectivity index (χ0v) is 22.8. The number of phenols is 1. The molecule has 0 saturated carbocycles. The van der Waals surface area contributed by atoms with Gasteiger partial charge in [-0.1, -0.05) is 17.4 Å². The van der Waals surface area contributed by atoms with Gasteiger partial charge in [0.2, 0.25) is 0 Å². The summed E-state index contributed by atoms with van der Waals surface area (Å²) in [5.41, 5.74) is 2.32. The predicted octanol–water partition coefficient (Wildman–Crippen LogP) is 5.36. The number of rotatable bonds is 6. The molecule has 2 unspecified atom stereocenters. The minimum Gasteiger partial charge on any atom is -0.507 e. The van der Waals surface area contributed by atoms with Crippen molar-refractivity contribution in [3.05, 3.63) is 76.9 Å². The van der Waals surface area contributed by atoms with Crippen molar-refractivity contribution < 1.29 is 34.0 Å². The predicted molar refractivity (Wildman–Crippen MR) is 150 cm³/mol. The molecule has 1 fully saturated rings. The van der Waals surface area contributed by atoms with Crippen LogP contribution in [0.25, 0.3) is 16.0 Å². The van der Waals surface area contributed by atoms with Crippen LogP contribution >= 0.6 is 11.3 Å². The summed E-state index contributed by atoms with van der Waals surface area (Å²) in [6.45, 7) is 4.35. The van der Waals surface area contributed by atoms with Crippen molar-refractivity contribution in [2.45, 2.75) is 32.4 Å². The zero-order chi connectivity index (χ0) is 28.1. The quantitative estimate of drug-likeness (QED) is 0.185. The van der Waals surface area contributed by atoms with Gasteiger partial charge in [0.25, 0.3) is 5.78 Å². The van der Waals surface area contributed by atoms with Crippen LogP contribution in [0.3, 0.4) is 0 Å². The molecule has 2 atom stereocenters. The van der Waals surface area contributed by atoms with Crippen molar-refractivity contribution >= 4 is 44.1 Å². The van der Waals surface area contributed by atoms with Gasteiger partial charge in [-0.3, -0.25) is 14.5 Å². The van der Waals surface area contributed by atoms with Gasteiger partial charge in [0.05, 0.1) is 35.5 Å². The molecular formula is C30H26N2O7S. The lowest BCUT2D eigenvalue weighted by Gasteiger charge is -2.23. The van der Waals surface area contributed by atoms with Gasteiger partial charge in [-0.15, -0.1) is 0 Å². The van der Waals surface area contributed by atoms with Crippen LogP contribution in [0.15, 0.2) is 60.2 Å². The molecule has 1 saturated heterocycles. The summed E-state index contributed by atoms with van der Waals surface area (Å²) in [7, 11) is 1.41. The number of ketones is 1. The number of methoxy groups -OCH3 is 1. The van der Waals surface area contributed by atoms with Crippen LogP contribution in [-0.2, 0) is 16.0 Å². The van der Waals surface area contributed by atoms with Crippen LogP contribution in [0.4, 0.5) is 5.13 Å². The number of anilines is 1. The molecule has 3 heterocycles. The highest BCUT2D eigenvalue weighted by atomic mass is 32.1. The van der Waals surface area contributed by atoms with Gasteiger partial charge in [-0.2, -0.15) is 0 Å². The number of thiazole rings is 1. The molecule has 40 heavy (non-hydrogen) atoms. The number of nitrogens with zero attached hydrogens (tertiary/aromatic N) is 2. The van der Waals surface area contributed by atoms with Gasteiger partial charge in [0, 0.05) is 12.0 Å². The number of amides is 1. The molecule has 2 aliphatic rings. The summed E-state index contributed by atoms with van der Waals surface area (Å²) in [4.78, 5) is 33.1. The molecule has 204 valence electrons. The summed E-state index contributed by atoms with van der Waals surface area (Å²) >= 11 is 1.24. The minimum absolute atomic E-state index is 0.00437. The van der Waals surface area contributed by atoms with Gasteiger partial charge in [-0.05, 0) is 73.5 Å².